The van der Waals surface area contributed by atoms with Gasteiger partial charge in [-0.15, -0.1) is 0 Å². The van der Waals surface area contributed by atoms with E-state index in [-0.39, 0.29) is 11.9 Å². The molecule has 0 spiro atoms. The quantitative estimate of drug-likeness (QED) is 0.702. The standard InChI is InChI=1S/C15H23N3O/c16-10-12-5-3-7-14(12)18-15(19)9-8-11-4-1-2-6-13(11)17/h1-2,4,6,12,14H,3,5,7-10,16-17H2,(H,18,19). The van der Waals surface area contributed by atoms with Crippen LogP contribution in [0.5, 0.6) is 0 Å². The van der Waals surface area contributed by atoms with E-state index in [9.17, 15) is 4.79 Å². The van der Waals surface area contributed by atoms with Gasteiger partial charge in [-0.05, 0) is 43.4 Å². The lowest BCUT2D eigenvalue weighted by molar-refractivity contribution is -0.122. The fourth-order valence-electron chi connectivity index (χ4n) is 2.80. The number of carbonyl (C=O) groups is 1. The number of aryl methyl sites for hydroxylation is 1. The molecular formula is C15H23N3O. The van der Waals surface area contributed by atoms with Crippen LogP contribution in [-0.2, 0) is 11.2 Å². The van der Waals surface area contributed by atoms with E-state index in [0.717, 1.165) is 24.1 Å². The third-order valence-corrected chi connectivity index (χ3v) is 3.98. The van der Waals surface area contributed by atoms with Crippen molar-refractivity contribution < 1.29 is 4.79 Å². The van der Waals surface area contributed by atoms with E-state index in [1.165, 1.54) is 6.42 Å². The normalized spacial score (nSPS) is 22.4. The van der Waals surface area contributed by atoms with Crippen molar-refractivity contribution in [1.29, 1.82) is 0 Å². The maximum atomic E-state index is 12.0. The van der Waals surface area contributed by atoms with Crippen LogP contribution in [0.1, 0.15) is 31.2 Å². The van der Waals surface area contributed by atoms with E-state index in [4.69, 9.17) is 11.5 Å². The number of hydrogen-bond donors (Lipinski definition) is 3. The van der Waals surface area contributed by atoms with E-state index < -0.39 is 0 Å². The van der Waals surface area contributed by atoms with Crippen molar-refractivity contribution in [3.8, 4) is 0 Å². The second-order valence-electron chi connectivity index (χ2n) is 5.30. The maximum absolute atomic E-state index is 12.0. The molecule has 0 radical (unpaired) electrons. The van der Waals surface area contributed by atoms with Gasteiger partial charge in [-0.1, -0.05) is 24.6 Å². The minimum Gasteiger partial charge on any atom is -0.399 e. The van der Waals surface area contributed by atoms with Crippen LogP contribution in [0.15, 0.2) is 24.3 Å². The highest BCUT2D eigenvalue weighted by Crippen LogP contribution is 2.24. The minimum atomic E-state index is 0.105. The fraction of sp³-hybridized carbons (Fsp3) is 0.533. The van der Waals surface area contributed by atoms with Gasteiger partial charge < -0.3 is 16.8 Å². The monoisotopic (exact) mass is 261 g/mol. The van der Waals surface area contributed by atoms with Crippen LogP contribution in [0.25, 0.3) is 0 Å². The number of nitrogen functional groups attached to an aromatic ring is 1. The molecule has 0 aromatic heterocycles. The van der Waals surface area contributed by atoms with E-state index >= 15 is 0 Å². The molecule has 1 aromatic carbocycles. The average Bonchev–Trinajstić information content (AvgIpc) is 2.85. The Labute approximate surface area is 114 Å². The van der Waals surface area contributed by atoms with Crippen molar-refractivity contribution in [2.75, 3.05) is 12.3 Å². The molecule has 1 fully saturated rings. The molecule has 1 aliphatic carbocycles. The second-order valence-corrected chi connectivity index (χ2v) is 5.30. The van der Waals surface area contributed by atoms with Crippen LogP contribution in [0.3, 0.4) is 0 Å². The average molecular weight is 261 g/mol. The Kier molecular flexibility index (Phi) is 4.80. The molecule has 4 heteroatoms. The van der Waals surface area contributed by atoms with E-state index in [2.05, 4.69) is 5.32 Å². The second kappa shape index (κ2) is 6.57. The van der Waals surface area contributed by atoms with Gasteiger partial charge in [0.25, 0.3) is 0 Å². The SMILES string of the molecule is NCC1CCCC1NC(=O)CCc1ccccc1N. The Balaban J connectivity index is 1.80. The van der Waals surface area contributed by atoms with Gasteiger partial charge in [0, 0.05) is 18.2 Å². The lowest BCUT2D eigenvalue weighted by Crippen LogP contribution is -2.39. The summed E-state index contributed by atoms with van der Waals surface area (Å²) < 4.78 is 0. The molecule has 5 N–H and O–H groups in total. The van der Waals surface area contributed by atoms with Crippen LogP contribution < -0.4 is 16.8 Å². The molecule has 2 atom stereocenters. The molecular weight excluding hydrogens is 238 g/mol. The first-order valence-electron chi connectivity index (χ1n) is 7.03. The Morgan fingerprint density at radius 3 is 2.84 bits per heavy atom. The third kappa shape index (κ3) is 3.70. The molecule has 2 unspecified atom stereocenters. The zero-order chi connectivity index (χ0) is 13.7. The molecule has 1 saturated carbocycles. The lowest BCUT2D eigenvalue weighted by Gasteiger charge is -2.19. The first-order valence-corrected chi connectivity index (χ1v) is 7.03. The van der Waals surface area contributed by atoms with Crippen molar-refractivity contribution in [3.63, 3.8) is 0 Å². The lowest BCUT2D eigenvalue weighted by atomic mass is 10.0. The first kappa shape index (κ1) is 13.9. The van der Waals surface area contributed by atoms with Crippen molar-refractivity contribution >= 4 is 11.6 Å². The molecule has 0 bridgehead atoms. The Bertz CT molecular complexity index is 433. The van der Waals surface area contributed by atoms with Crippen molar-refractivity contribution in [2.24, 2.45) is 11.7 Å². The Morgan fingerprint density at radius 2 is 2.11 bits per heavy atom. The number of benzene rings is 1. The zero-order valence-corrected chi connectivity index (χ0v) is 11.3. The smallest absolute Gasteiger partial charge is 0.220 e. The number of nitrogens with two attached hydrogens (primary N) is 2. The van der Waals surface area contributed by atoms with Crippen LogP contribution in [0.2, 0.25) is 0 Å². The van der Waals surface area contributed by atoms with Crippen molar-refractivity contribution in [3.05, 3.63) is 29.8 Å². The fourth-order valence-corrected chi connectivity index (χ4v) is 2.80. The summed E-state index contributed by atoms with van der Waals surface area (Å²) in [5.74, 6) is 0.555. The van der Waals surface area contributed by atoms with Gasteiger partial charge in [-0.3, -0.25) is 4.79 Å². The summed E-state index contributed by atoms with van der Waals surface area (Å²) in [6.45, 7) is 0.663. The summed E-state index contributed by atoms with van der Waals surface area (Å²) in [4.78, 5) is 12.0. The van der Waals surface area contributed by atoms with Crippen LogP contribution in [0.4, 0.5) is 5.69 Å². The summed E-state index contributed by atoms with van der Waals surface area (Å²) in [6.07, 6.45) is 4.53. The third-order valence-electron chi connectivity index (χ3n) is 3.98. The number of hydrogen-bond acceptors (Lipinski definition) is 3. The van der Waals surface area contributed by atoms with E-state index in [0.29, 0.717) is 25.3 Å². The van der Waals surface area contributed by atoms with Crippen LogP contribution in [-0.4, -0.2) is 18.5 Å². The predicted octanol–water partition coefficient (Wildman–Crippen LogP) is 1.44. The Hall–Kier alpha value is -1.55. The molecule has 104 valence electrons. The highest BCUT2D eigenvalue weighted by molar-refractivity contribution is 5.76. The largest absolute Gasteiger partial charge is 0.399 e. The van der Waals surface area contributed by atoms with Gasteiger partial charge in [0.15, 0.2) is 0 Å². The summed E-state index contributed by atoms with van der Waals surface area (Å²) in [7, 11) is 0. The molecule has 1 aliphatic rings. The van der Waals surface area contributed by atoms with Gasteiger partial charge in [-0.25, -0.2) is 0 Å². The molecule has 4 nitrogen and oxygen atoms in total. The maximum Gasteiger partial charge on any atom is 0.220 e. The Morgan fingerprint density at radius 1 is 1.32 bits per heavy atom. The van der Waals surface area contributed by atoms with Crippen molar-refractivity contribution in [2.45, 2.75) is 38.1 Å². The first-order chi connectivity index (χ1) is 9.20. The van der Waals surface area contributed by atoms with Gasteiger partial charge in [0.2, 0.25) is 5.91 Å². The molecule has 0 heterocycles. The molecule has 19 heavy (non-hydrogen) atoms. The minimum absolute atomic E-state index is 0.105. The highest BCUT2D eigenvalue weighted by atomic mass is 16.1. The summed E-state index contributed by atoms with van der Waals surface area (Å²) in [5.41, 5.74) is 13.4. The van der Waals surface area contributed by atoms with Crippen LogP contribution in [0, 0.1) is 5.92 Å². The number of rotatable bonds is 5. The molecule has 2 rings (SSSR count). The van der Waals surface area contributed by atoms with Gasteiger partial charge in [0.1, 0.15) is 0 Å². The highest BCUT2D eigenvalue weighted by Gasteiger charge is 2.26. The van der Waals surface area contributed by atoms with Crippen molar-refractivity contribution in [1.82, 2.24) is 5.32 Å². The summed E-state index contributed by atoms with van der Waals surface area (Å²) in [6, 6.07) is 7.97. The van der Waals surface area contributed by atoms with Gasteiger partial charge in [0.05, 0.1) is 0 Å². The number of anilines is 1. The van der Waals surface area contributed by atoms with Crippen LogP contribution >= 0.6 is 0 Å². The number of carbonyl (C=O) groups excluding carboxylic acids is 1. The van der Waals surface area contributed by atoms with E-state index in [1.54, 1.807) is 0 Å². The number of amides is 1. The summed E-state index contributed by atoms with van der Waals surface area (Å²) >= 11 is 0. The van der Waals surface area contributed by atoms with Gasteiger partial charge in [-0.2, -0.15) is 0 Å². The molecule has 1 aromatic rings. The molecule has 0 saturated heterocycles. The molecule has 1 amide bonds. The number of nitrogens with one attached hydrogen (secondary N) is 1. The number of para-hydroxylation sites is 1. The topological polar surface area (TPSA) is 81.1 Å². The zero-order valence-electron chi connectivity index (χ0n) is 11.3. The van der Waals surface area contributed by atoms with Gasteiger partial charge >= 0.3 is 0 Å². The summed E-state index contributed by atoms with van der Waals surface area (Å²) in [5, 5.41) is 3.11. The van der Waals surface area contributed by atoms with E-state index in [1.807, 2.05) is 24.3 Å². The predicted molar refractivity (Wildman–Crippen MR) is 77.5 cm³/mol. The molecule has 0 aliphatic heterocycles.